The lowest BCUT2D eigenvalue weighted by molar-refractivity contribution is 0.0627. The molecule has 2 aromatic rings. The summed E-state index contributed by atoms with van der Waals surface area (Å²) in [4.78, 5) is 36.9. The number of aromatic carboxylic acids is 1. The van der Waals surface area contributed by atoms with Crippen molar-refractivity contribution in [2.75, 3.05) is 0 Å². The first-order valence-corrected chi connectivity index (χ1v) is 7.25. The first kappa shape index (κ1) is 14.5. The van der Waals surface area contributed by atoms with Crippen molar-refractivity contribution in [2.45, 2.75) is 6.54 Å². The number of halogens is 1. The molecule has 0 saturated carbocycles. The normalized spacial score (nSPS) is 13.1. The lowest BCUT2D eigenvalue weighted by Crippen LogP contribution is -2.31. The second-order valence-corrected chi connectivity index (χ2v) is 5.71. The number of imide groups is 1. The molecule has 0 unspecified atom stereocenters. The SMILES string of the molecule is O=C(O)c1ccc(C(=O)N2Cc3ccccc3C2=O)cc1Br. The second-order valence-electron chi connectivity index (χ2n) is 4.85. The van der Waals surface area contributed by atoms with E-state index in [-0.39, 0.29) is 23.6 Å². The lowest BCUT2D eigenvalue weighted by atomic mass is 10.1. The Morgan fingerprint density at radius 3 is 2.50 bits per heavy atom. The van der Waals surface area contributed by atoms with Crippen LogP contribution in [0.15, 0.2) is 46.9 Å². The summed E-state index contributed by atoms with van der Waals surface area (Å²) in [6.45, 7) is 0.228. The van der Waals surface area contributed by atoms with E-state index in [2.05, 4.69) is 15.9 Å². The van der Waals surface area contributed by atoms with Crippen LogP contribution in [0.4, 0.5) is 0 Å². The molecule has 22 heavy (non-hydrogen) atoms. The maximum atomic E-state index is 12.5. The highest BCUT2D eigenvalue weighted by atomic mass is 79.9. The molecule has 0 aromatic heterocycles. The molecule has 1 aliphatic rings. The summed E-state index contributed by atoms with van der Waals surface area (Å²) in [6.07, 6.45) is 0. The van der Waals surface area contributed by atoms with E-state index >= 15 is 0 Å². The van der Waals surface area contributed by atoms with Crippen molar-refractivity contribution in [1.82, 2.24) is 4.90 Å². The molecule has 0 bridgehead atoms. The van der Waals surface area contributed by atoms with Gasteiger partial charge in [0.15, 0.2) is 0 Å². The van der Waals surface area contributed by atoms with Crippen molar-refractivity contribution < 1.29 is 19.5 Å². The molecule has 0 spiro atoms. The third kappa shape index (κ3) is 2.31. The predicted molar refractivity (Wildman–Crippen MR) is 81.7 cm³/mol. The molecule has 0 radical (unpaired) electrons. The van der Waals surface area contributed by atoms with Crippen LogP contribution >= 0.6 is 15.9 Å². The topological polar surface area (TPSA) is 74.7 Å². The zero-order valence-corrected chi connectivity index (χ0v) is 12.8. The van der Waals surface area contributed by atoms with E-state index in [4.69, 9.17) is 5.11 Å². The minimum Gasteiger partial charge on any atom is -0.478 e. The molecule has 6 heteroatoms. The van der Waals surface area contributed by atoms with Gasteiger partial charge in [0.05, 0.1) is 12.1 Å². The van der Waals surface area contributed by atoms with Crippen molar-refractivity contribution >= 4 is 33.7 Å². The summed E-state index contributed by atoms with van der Waals surface area (Å²) in [7, 11) is 0. The molecule has 0 atom stereocenters. The van der Waals surface area contributed by atoms with Gasteiger partial charge in [-0.25, -0.2) is 4.79 Å². The third-order valence-electron chi connectivity index (χ3n) is 3.51. The Morgan fingerprint density at radius 2 is 1.86 bits per heavy atom. The molecule has 1 N–H and O–H groups in total. The molecule has 0 saturated heterocycles. The van der Waals surface area contributed by atoms with Crippen molar-refractivity contribution in [1.29, 1.82) is 0 Å². The van der Waals surface area contributed by atoms with Crippen LogP contribution in [0.5, 0.6) is 0 Å². The Labute approximate surface area is 134 Å². The standard InChI is InChI=1S/C16H10BrNO4/c17-13-7-9(5-6-12(13)16(21)22)14(19)18-8-10-3-1-2-4-11(10)15(18)20/h1-7H,8H2,(H,21,22). The van der Waals surface area contributed by atoms with Gasteiger partial charge in [0, 0.05) is 15.6 Å². The number of hydrogen-bond donors (Lipinski definition) is 1. The van der Waals surface area contributed by atoms with Gasteiger partial charge < -0.3 is 5.11 Å². The van der Waals surface area contributed by atoms with Gasteiger partial charge in [0.1, 0.15) is 0 Å². The van der Waals surface area contributed by atoms with Crippen LogP contribution in [0.2, 0.25) is 0 Å². The summed E-state index contributed by atoms with van der Waals surface area (Å²) in [5.74, 6) is -1.87. The number of carbonyl (C=O) groups is 3. The summed E-state index contributed by atoms with van der Waals surface area (Å²) >= 11 is 3.13. The number of fused-ring (bicyclic) bond motifs is 1. The van der Waals surface area contributed by atoms with Gasteiger partial charge in [-0.05, 0) is 45.8 Å². The average Bonchev–Trinajstić information content (AvgIpc) is 2.83. The van der Waals surface area contributed by atoms with Crippen LogP contribution in [-0.2, 0) is 6.54 Å². The largest absolute Gasteiger partial charge is 0.478 e. The number of hydrogen-bond acceptors (Lipinski definition) is 3. The molecule has 1 aliphatic heterocycles. The molecular weight excluding hydrogens is 350 g/mol. The number of amides is 2. The predicted octanol–water partition coefficient (Wildman–Crippen LogP) is 2.94. The van der Waals surface area contributed by atoms with E-state index in [1.54, 1.807) is 12.1 Å². The number of rotatable bonds is 2. The minimum atomic E-state index is -1.09. The molecule has 1 heterocycles. The molecule has 2 aromatic carbocycles. The van der Waals surface area contributed by atoms with Crippen molar-refractivity contribution in [3.8, 4) is 0 Å². The fourth-order valence-electron chi connectivity index (χ4n) is 2.40. The zero-order chi connectivity index (χ0) is 15.9. The summed E-state index contributed by atoms with van der Waals surface area (Å²) in [5, 5.41) is 8.99. The number of carbonyl (C=O) groups excluding carboxylic acids is 2. The number of carboxylic acids is 1. The van der Waals surface area contributed by atoms with E-state index in [0.29, 0.717) is 10.0 Å². The molecule has 0 fully saturated rings. The quantitative estimate of drug-likeness (QED) is 0.836. The highest BCUT2D eigenvalue weighted by Gasteiger charge is 2.32. The van der Waals surface area contributed by atoms with Gasteiger partial charge >= 0.3 is 5.97 Å². The van der Waals surface area contributed by atoms with E-state index in [0.717, 1.165) is 10.5 Å². The van der Waals surface area contributed by atoms with Crippen LogP contribution in [0, 0.1) is 0 Å². The van der Waals surface area contributed by atoms with Crippen molar-refractivity contribution in [3.05, 3.63) is 69.2 Å². The molecule has 5 nitrogen and oxygen atoms in total. The second kappa shape index (κ2) is 5.38. The van der Waals surface area contributed by atoms with E-state index < -0.39 is 11.9 Å². The Hall–Kier alpha value is -2.47. The minimum absolute atomic E-state index is 0.0626. The maximum absolute atomic E-state index is 12.5. The van der Waals surface area contributed by atoms with Crippen molar-refractivity contribution in [3.63, 3.8) is 0 Å². The monoisotopic (exact) mass is 359 g/mol. The maximum Gasteiger partial charge on any atom is 0.336 e. The first-order valence-electron chi connectivity index (χ1n) is 6.46. The summed E-state index contributed by atoms with van der Waals surface area (Å²) in [5.41, 5.74) is 1.66. The molecule has 0 aliphatic carbocycles. The van der Waals surface area contributed by atoms with Crippen LogP contribution in [0.3, 0.4) is 0 Å². The lowest BCUT2D eigenvalue weighted by Gasteiger charge is -2.14. The molecule has 110 valence electrons. The Kier molecular flexibility index (Phi) is 3.54. The van der Waals surface area contributed by atoms with E-state index in [9.17, 15) is 14.4 Å². The number of benzene rings is 2. The first-order chi connectivity index (χ1) is 10.5. The van der Waals surface area contributed by atoms with Gasteiger partial charge in [-0.3, -0.25) is 14.5 Å². The van der Waals surface area contributed by atoms with Crippen LogP contribution in [0.1, 0.15) is 36.6 Å². The number of carboxylic acid groups (broad SMARTS) is 1. The van der Waals surface area contributed by atoms with Crippen molar-refractivity contribution in [2.24, 2.45) is 0 Å². The summed E-state index contributed by atoms with van der Waals surface area (Å²) < 4.78 is 0.301. The molecule has 2 amide bonds. The van der Waals surface area contributed by atoms with Gasteiger partial charge in [-0.2, -0.15) is 0 Å². The highest BCUT2D eigenvalue weighted by Crippen LogP contribution is 2.26. The number of nitrogens with zero attached hydrogens (tertiary/aromatic N) is 1. The Balaban J connectivity index is 1.92. The zero-order valence-electron chi connectivity index (χ0n) is 11.2. The van der Waals surface area contributed by atoms with Gasteiger partial charge in [0.25, 0.3) is 11.8 Å². The smallest absolute Gasteiger partial charge is 0.336 e. The van der Waals surface area contributed by atoms with Gasteiger partial charge in [-0.15, -0.1) is 0 Å². The summed E-state index contributed by atoms with van der Waals surface area (Å²) in [6, 6.07) is 11.2. The van der Waals surface area contributed by atoms with Crippen LogP contribution in [0.25, 0.3) is 0 Å². The van der Waals surface area contributed by atoms with E-state index in [1.165, 1.54) is 18.2 Å². The molecular formula is C16H10BrNO4. The fraction of sp³-hybridized carbons (Fsp3) is 0.0625. The highest BCUT2D eigenvalue weighted by molar-refractivity contribution is 9.10. The average molecular weight is 360 g/mol. The van der Waals surface area contributed by atoms with Gasteiger partial charge in [-0.1, -0.05) is 18.2 Å². The van der Waals surface area contributed by atoms with Gasteiger partial charge in [0.2, 0.25) is 0 Å². The van der Waals surface area contributed by atoms with Crippen LogP contribution in [-0.4, -0.2) is 27.8 Å². The van der Waals surface area contributed by atoms with E-state index in [1.807, 2.05) is 12.1 Å². The Morgan fingerprint density at radius 1 is 1.14 bits per heavy atom. The Bertz CT molecular complexity index is 816. The molecule has 3 rings (SSSR count). The fourth-order valence-corrected chi connectivity index (χ4v) is 2.94. The third-order valence-corrected chi connectivity index (χ3v) is 4.17. The van der Waals surface area contributed by atoms with Crippen LogP contribution < -0.4 is 0 Å².